The molecule has 0 radical (unpaired) electrons. The van der Waals surface area contributed by atoms with Gasteiger partial charge in [-0.2, -0.15) is 0 Å². The molecular formula is C6H13IO3. The first-order valence-electron chi connectivity index (χ1n) is 3.21. The lowest BCUT2D eigenvalue weighted by molar-refractivity contribution is 0.0326. The van der Waals surface area contributed by atoms with E-state index in [0.29, 0.717) is 19.8 Å². The largest absolute Gasteiger partial charge is 0.394 e. The van der Waals surface area contributed by atoms with Crippen LogP contribution in [0, 0.1) is 0 Å². The molecular weight excluding hydrogens is 247 g/mol. The lowest BCUT2D eigenvalue weighted by Crippen LogP contribution is -2.09. The number of aliphatic hydroxyl groups excluding tert-OH is 1. The molecule has 10 heavy (non-hydrogen) atoms. The average molecular weight is 260 g/mol. The van der Waals surface area contributed by atoms with Gasteiger partial charge >= 0.3 is 0 Å². The van der Waals surface area contributed by atoms with Gasteiger partial charge in [0.25, 0.3) is 0 Å². The van der Waals surface area contributed by atoms with Crippen molar-refractivity contribution in [3.63, 3.8) is 0 Å². The number of hydrogen-bond acceptors (Lipinski definition) is 3. The van der Waals surface area contributed by atoms with Crippen molar-refractivity contribution in [3.05, 3.63) is 0 Å². The molecule has 0 aromatic carbocycles. The van der Waals surface area contributed by atoms with E-state index >= 15 is 0 Å². The summed E-state index contributed by atoms with van der Waals surface area (Å²) in [5, 5.41) is 8.31. The Morgan fingerprint density at radius 3 is 2.60 bits per heavy atom. The van der Waals surface area contributed by atoms with Crippen LogP contribution in [0.5, 0.6) is 0 Å². The molecule has 1 unspecified atom stereocenters. The standard InChI is InChI=1S/C6H13IO3/c1-6(7)10-5-4-9-3-2-8/h6,8H,2-5H2,1H3. The molecule has 0 aliphatic carbocycles. The maximum atomic E-state index is 8.31. The van der Waals surface area contributed by atoms with E-state index in [2.05, 4.69) is 22.6 Å². The molecule has 0 aliphatic heterocycles. The fourth-order valence-corrected chi connectivity index (χ4v) is 0.690. The Balaban J connectivity index is 2.77. The van der Waals surface area contributed by atoms with E-state index in [9.17, 15) is 0 Å². The monoisotopic (exact) mass is 260 g/mol. The lowest BCUT2D eigenvalue weighted by Gasteiger charge is -2.05. The van der Waals surface area contributed by atoms with E-state index in [1.807, 2.05) is 6.92 Å². The molecule has 0 aromatic rings. The van der Waals surface area contributed by atoms with Crippen LogP contribution in [0.4, 0.5) is 0 Å². The zero-order valence-corrected chi connectivity index (χ0v) is 8.20. The quantitative estimate of drug-likeness (QED) is 0.436. The minimum absolute atomic E-state index is 0.0831. The molecule has 0 amide bonds. The fraction of sp³-hybridized carbons (Fsp3) is 1.00. The smallest absolute Gasteiger partial charge is 0.106 e. The second-order valence-corrected chi connectivity index (χ2v) is 3.50. The molecule has 0 saturated heterocycles. The van der Waals surface area contributed by atoms with Crippen molar-refractivity contribution in [2.24, 2.45) is 0 Å². The van der Waals surface area contributed by atoms with E-state index in [1.54, 1.807) is 0 Å². The molecule has 0 rings (SSSR count). The Kier molecular flexibility index (Phi) is 8.18. The van der Waals surface area contributed by atoms with Gasteiger partial charge in [0.05, 0.1) is 26.4 Å². The summed E-state index contributed by atoms with van der Waals surface area (Å²) in [6, 6.07) is 0. The van der Waals surface area contributed by atoms with Crippen LogP contribution in [0.2, 0.25) is 0 Å². The van der Waals surface area contributed by atoms with Gasteiger partial charge in [0, 0.05) is 0 Å². The van der Waals surface area contributed by atoms with Crippen LogP contribution in [0.1, 0.15) is 6.92 Å². The van der Waals surface area contributed by atoms with Gasteiger partial charge in [0.15, 0.2) is 0 Å². The highest BCUT2D eigenvalue weighted by Gasteiger charge is 1.92. The second-order valence-electron chi connectivity index (χ2n) is 1.75. The highest BCUT2D eigenvalue weighted by Crippen LogP contribution is 1.98. The molecule has 0 heterocycles. The van der Waals surface area contributed by atoms with Crippen LogP contribution < -0.4 is 0 Å². The number of halogens is 1. The lowest BCUT2D eigenvalue weighted by atomic mass is 10.7. The highest BCUT2D eigenvalue weighted by atomic mass is 127. The third-order valence-corrected chi connectivity index (χ3v) is 1.17. The Bertz CT molecular complexity index is 68.0. The van der Waals surface area contributed by atoms with Gasteiger partial charge in [-0.3, -0.25) is 0 Å². The molecule has 0 saturated carbocycles. The third kappa shape index (κ3) is 8.61. The molecule has 0 aliphatic rings. The van der Waals surface area contributed by atoms with Crippen LogP contribution in [-0.2, 0) is 9.47 Å². The van der Waals surface area contributed by atoms with Crippen molar-refractivity contribution in [1.82, 2.24) is 0 Å². The van der Waals surface area contributed by atoms with E-state index < -0.39 is 0 Å². The third-order valence-electron chi connectivity index (χ3n) is 0.811. The van der Waals surface area contributed by atoms with Crippen LogP contribution in [0.25, 0.3) is 0 Å². The van der Waals surface area contributed by atoms with Crippen molar-refractivity contribution in [1.29, 1.82) is 0 Å². The number of hydrogen-bond donors (Lipinski definition) is 1. The minimum Gasteiger partial charge on any atom is -0.394 e. The first kappa shape index (κ1) is 10.6. The van der Waals surface area contributed by atoms with E-state index in [0.717, 1.165) is 0 Å². The van der Waals surface area contributed by atoms with Gasteiger partial charge < -0.3 is 14.6 Å². The van der Waals surface area contributed by atoms with Gasteiger partial charge in [-0.25, -0.2) is 0 Å². The molecule has 4 heteroatoms. The van der Waals surface area contributed by atoms with Gasteiger partial charge in [0.2, 0.25) is 0 Å². The van der Waals surface area contributed by atoms with Crippen molar-refractivity contribution in [2.75, 3.05) is 26.4 Å². The summed E-state index contributed by atoms with van der Waals surface area (Å²) in [6.07, 6.45) is 0. The SMILES string of the molecule is CC(I)OCCOCCO. The molecule has 62 valence electrons. The van der Waals surface area contributed by atoms with Crippen molar-refractivity contribution in [2.45, 2.75) is 11.0 Å². The fourth-order valence-electron chi connectivity index (χ4n) is 0.436. The Hall–Kier alpha value is 0.610. The van der Waals surface area contributed by atoms with E-state index in [1.165, 1.54) is 0 Å². The summed E-state index contributed by atoms with van der Waals surface area (Å²) >= 11 is 2.18. The molecule has 0 aromatic heterocycles. The highest BCUT2D eigenvalue weighted by molar-refractivity contribution is 14.1. The normalized spacial score (nSPS) is 13.5. The Morgan fingerprint density at radius 2 is 2.10 bits per heavy atom. The van der Waals surface area contributed by atoms with E-state index in [-0.39, 0.29) is 10.7 Å². The number of aliphatic hydroxyl groups is 1. The summed E-state index contributed by atoms with van der Waals surface area (Å²) in [7, 11) is 0. The summed E-state index contributed by atoms with van der Waals surface area (Å²) in [5.74, 6) is 0. The molecule has 3 nitrogen and oxygen atoms in total. The predicted molar refractivity (Wildman–Crippen MR) is 47.3 cm³/mol. The maximum Gasteiger partial charge on any atom is 0.106 e. The van der Waals surface area contributed by atoms with Crippen LogP contribution in [-0.4, -0.2) is 35.6 Å². The van der Waals surface area contributed by atoms with Crippen LogP contribution in [0.15, 0.2) is 0 Å². The Morgan fingerprint density at radius 1 is 1.40 bits per heavy atom. The molecule has 1 atom stereocenters. The topological polar surface area (TPSA) is 38.7 Å². The predicted octanol–water partition coefficient (Wildman–Crippen LogP) is 0.793. The Labute approximate surface area is 74.8 Å². The molecule has 0 bridgehead atoms. The second kappa shape index (κ2) is 7.71. The van der Waals surface area contributed by atoms with Crippen molar-refractivity contribution < 1.29 is 14.6 Å². The summed E-state index contributed by atoms with van der Waals surface area (Å²) in [5.41, 5.74) is 0. The molecule has 0 fully saturated rings. The summed E-state index contributed by atoms with van der Waals surface area (Å²) < 4.78 is 10.4. The summed E-state index contributed by atoms with van der Waals surface area (Å²) in [6.45, 7) is 3.61. The average Bonchev–Trinajstić information content (AvgIpc) is 1.87. The van der Waals surface area contributed by atoms with Gasteiger partial charge in [-0.05, 0) is 6.92 Å². The van der Waals surface area contributed by atoms with Crippen molar-refractivity contribution in [3.8, 4) is 0 Å². The van der Waals surface area contributed by atoms with E-state index in [4.69, 9.17) is 14.6 Å². The zero-order valence-electron chi connectivity index (χ0n) is 6.05. The van der Waals surface area contributed by atoms with Gasteiger partial charge in [-0.1, -0.05) is 22.6 Å². The van der Waals surface area contributed by atoms with Crippen molar-refractivity contribution >= 4 is 22.6 Å². The molecule has 0 spiro atoms. The number of alkyl halides is 1. The van der Waals surface area contributed by atoms with Crippen LogP contribution >= 0.6 is 22.6 Å². The zero-order chi connectivity index (χ0) is 7.82. The van der Waals surface area contributed by atoms with Gasteiger partial charge in [-0.15, -0.1) is 0 Å². The number of ether oxygens (including phenoxy) is 2. The maximum absolute atomic E-state index is 8.31. The first-order chi connectivity index (χ1) is 4.77. The number of rotatable bonds is 6. The van der Waals surface area contributed by atoms with Crippen LogP contribution in [0.3, 0.4) is 0 Å². The summed E-state index contributed by atoms with van der Waals surface area (Å²) in [4.78, 5) is 0. The minimum atomic E-state index is 0.0831. The first-order valence-corrected chi connectivity index (χ1v) is 4.46. The van der Waals surface area contributed by atoms with Gasteiger partial charge in [0.1, 0.15) is 4.11 Å². The molecule has 1 N–H and O–H groups in total.